The fraction of sp³-hybridized carbons (Fsp3) is 0.227. The maximum absolute atomic E-state index is 13.5. The Morgan fingerprint density at radius 3 is 2.52 bits per heavy atom. The second kappa shape index (κ2) is 8.43. The van der Waals surface area contributed by atoms with Crippen LogP contribution < -0.4 is 9.62 Å². The number of sulfonamides is 1. The summed E-state index contributed by atoms with van der Waals surface area (Å²) in [4.78, 5) is 12.8. The molecule has 0 spiro atoms. The van der Waals surface area contributed by atoms with Crippen LogP contribution in [-0.2, 0) is 14.8 Å². The zero-order valence-corrected chi connectivity index (χ0v) is 17.9. The van der Waals surface area contributed by atoms with Crippen LogP contribution in [0.15, 0.2) is 66.1 Å². The van der Waals surface area contributed by atoms with E-state index in [2.05, 4.69) is 11.9 Å². The smallest absolute Gasteiger partial charge is 0.270 e. The highest BCUT2D eigenvalue weighted by Gasteiger charge is 2.40. The minimum atomic E-state index is -4.11. The third kappa shape index (κ3) is 4.09. The van der Waals surface area contributed by atoms with Gasteiger partial charge < -0.3 is 5.32 Å². The number of halogens is 1. The summed E-state index contributed by atoms with van der Waals surface area (Å²) < 4.78 is 28.3. The highest BCUT2D eigenvalue weighted by Crippen LogP contribution is 2.43. The number of nitrogens with zero attached hydrogens (tertiary/aromatic N) is 1. The number of fused-ring (bicyclic) bond motifs is 1. The van der Waals surface area contributed by atoms with Gasteiger partial charge in [-0.15, -0.1) is 6.58 Å². The molecule has 1 N–H and O–H groups in total. The first-order valence-electron chi connectivity index (χ1n) is 9.28. The Labute approximate surface area is 176 Å². The van der Waals surface area contributed by atoms with E-state index >= 15 is 0 Å². The lowest BCUT2D eigenvalue weighted by atomic mass is 9.95. The molecule has 0 aromatic heterocycles. The quantitative estimate of drug-likeness (QED) is 0.698. The SMILES string of the molecule is C=CCN1c2ccc(Cl)cc2C(c2ccccc2)=C(C(=O)NCC(C)C)S1(=O)=O. The van der Waals surface area contributed by atoms with Gasteiger partial charge in [-0.1, -0.05) is 61.9 Å². The Bertz CT molecular complexity index is 1080. The van der Waals surface area contributed by atoms with E-state index in [-0.39, 0.29) is 17.4 Å². The lowest BCUT2D eigenvalue weighted by molar-refractivity contribution is -0.116. The first-order chi connectivity index (χ1) is 13.8. The average molecular weight is 431 g/mol. The van der Waals surface area contributed by atoms with Crippen molar-refractivity contribution >= 4 is 38.8 Å². The molecule has 2 aromatic carbocycles. The summed E-state index contributed by atoms with van der Waals surface area (Å²) in [7, 11) is -4.11. The van der Waals surface area contributed by atoms with Crippen molar-refractivity contribution in [2.24, 2.45) is 5.92 Å². The third-order valence-corrected chi connectivity index (χ3v) is 6.57. The number of benzene rings is 2. The second-order valence-electron chi connectivity index (χ2n) is 7.16. The lowest BCUT2D eigenvalue weighted by Crippen LogP contribution is -2.42. The van der Waals surface area contributed by atoms with Gasteiger partial charge in [0.25, 0.3) is 15.9 Å². The first-order valence-corrected chi connectivity index (χ1v) is 11.1. The Balaban J connectivity index is 2.36. The van der Waals surface area contributed by atoms with E-state index in [0.29, 0.717) is 34.0 Å². The summed E-state index contributed by atoms with van der Waals surface area (Å²) in [6, 6.07) is 14.0. The molecule has 0 atom stereocenters. The average Bonchev–Trinajstić information content (AvgIpc) is 2.68. The second-order valence-corrected chi connectivity index (χ2v) is 9.40. The van der Waals surface area contributed by atoms with Crippen LogP contribution in [0.3, 0.4) is 0 Å². The van der Waals surface area contributed by atoms with Crippen molar-refractivity contribution in [2.75, 3.05) is 17.4 Å². The van der Waals surface area contributed by atoms with Crippen LogP contribution in [0.2, 0.25) is 5.02 Å². The van der Waals surface area contributed by atoms with Crippen molar-refractivity contribution in [2.45, 2.75) is 13.8 Å². The predicted octanol–water partition coefficient (Wildman–Crippen LogP) is 4.21. The van der Waals surface area contributed by atoms with Crippen molar-refractivity contribution < 1.29 is 13.2 Å². The summed E-state index contributed by atoms with van der Waals surface area (Å²) >= 11 is 6.24. The van der Waals surface area contributed by atoms with Crippen molar-refractivity contribution in [3.05, 3.63) is 82.2 Å². The van der Waals surface area contributed by atoms with Gasteiger partial charge in [-0.2, -0.15) is 0 Å². The van der Waals surface area contributed by atoms with E-state index in [9.17, 15) is 13.2 Å². The van der Waals surface area contributed by atoms with E-state index in [4.69, 9.17) is 11.6 Å². The third-order valence-electron chi connectivity index (χ3n) is 4.51. The van der Waals surface area contributed by atoms with E-state index in [1.165, 1.54) is 10.4 Å². The molecule has 0 bridgehead atoms. The van der Waals surface area contributed by atoms with Gasteiger partial charge >= 0.3 is 0 Å². The number of carbonyl (C=O) groups excluding carboxylic acids is 1. The molecule has 3 rings (SSSR count). The highest BCUT2D eigenvalue weighted by atomic mass is 35.5. The molecule has 7 heteroatoms. The molecule has 1 aliphatic rings. The van der Waals surface area contributed by atoms with Crippen molar-refractivity contribution in [1.29, 1.82) is 0 Å². The van der Waals surface area contributed by atoms with Crippen molar-refractivity contribution in [1.82, 2.24) is 5.32 Å². The van der Waals surface area contributed by atoms with Gasteiger partial charge in [0.1, 0.15) is 0 Å². The molecule has 1 aliphatic heterocycles. The Kier molecular flexibility index (Phi) is 6.15. The molecule has 0 unspecified atom stereocenters. The standard InChI is InChI=1S/C22H23ClN2O3S/c1-4-12-25-19-11-10-17(23)13-18(19)20(16-8-6-5-7-9-16)21(29(25,27)28)22(26)24-14-15(2)3/h4-11,13,15H,1,12,14H2,2-3H3,(H,24,26). The summed E-state index contributed by atoms with van der Waals surface area (Å²) in [5.74, 6) is -0.450. The summed E-state index contributed by atoms with van der Waals surface area (Å²) in [5, 5.41) is 3.21. The molecule has 29 heavy (non-hydrogen) atoms. The molecule has 5 nitrogen and oxygen atoms in total. The summed E-state index contributed by atoms with van der Waals surface area (Å²) in [6.45, 7) is 7.97. The number of anilines is 1. The fourth-order valence-corrected chi connectivity index (χ4v) is 5.13. The van der Waals surface area contributed by atoms with E-state index < -0.39 is 15.9 Å². The Hall–Kier alpha value is -2.57. The number of rotatable bonds is 6. The van der Waals surface area contributed by atoms with Gasteiger partial charge in [0.05, 0.1) is 12.2 Å². The molecule has 0 saturated carbocycles. The maximum atomic E-state index is 13.5. The fourth-order valence-electron chi connectivity index (χ4n) is 3.23. The van der Waals surface area contributed by atoms with Crippen molar-refractivity contribution in [3.63, 3.8) is 0 Å². The molecular formula is C22H23ClN2O3S. The van der Waals surface area contributed by atoms with Crippen LogP contribution in [0.5, 0.6) is 0 Å². The van der Waals surface area contributed by atoms with Crippen LogP contribution in [-0.4, -0.2) is 27.4 Å². The van der Waals surface area contributed by atoms with Gasteiger partial charge in [0.15, 0.2) is 4.91 Å². The van der Waals surface area contributed by atoms with E-state index in [0.717, 1.165) is 0 Å². The molecule has 2 aromatic rings. The molecule has 0 aliphatic carbocycles. The number of amides is 1. The van der Waals surface area contributed by atoms with Crippen molar-refractivity contribution in [3.8, 4) is 0 Å². The van der Waals surface area contributed by atoms with E-state index in [1.807, 2.05) is 19.9 Å². The zero-order chi connectivity index (χ0) is 21.2. The monoisotopic (exact) mass is 430 g/mol. The van der Waals surface area contributed by atoms with E-state index in [1.54, 1.807) is 42.5 Å². The van der Waals surface area contributed by atoms with Crippen LogP contribution in [0.1, 0.15) is 25.0 Å². The van der Waals surface area contributed by atoms with Gasteiger partial charge in [-0.3, -0.25) is 9.10 Å². The van der Waals surface area contributed by atoms with Crippen LogP contribution >= 0.6 is 11.6 Å². The van der Waals surface area contributed by atoms with Gasteiger partial charge in [-0.05, 0) is 29.7 Å². The minimum absolute atomic E-state index is 0.0417. The Morgan fingerprint density at radius 2 is 1.90 bits per heavy atom. The number of hydrogen-bond donors (Lipinski definition) is 1. The van der Waals surface area contributed by atoms with Crippen LogP contribution in [0.4, 0.5) is 5.69 Å². The summed E-state index contributed by atoms with van der Waals surface area (Å²) in [5.41, 5.74) is 2.04. The maximum Gasteiger partial charge on any atom is 0.270 e. The summed E-state index contributed by atoms with van der Waals surface area (Å²) in [6.07, 6.45) is 1.49. The number of nitrogens with one attached hydrogen (secondary N) is 1. The topological polar surface area (TPSA) is 66.5 Å². The molecule has 1 amide bonds. The van der Waals surface area contributed by atoms with Gasteiger partial charge in [0, 0.05) is 22.7 Å². The largest absolute Gasteiger partial charge is 0.351 e. The van der Waals surface area contributed by atoms with Gasteiger partial charge in [-0.25, -0.2) is 8.42 Å². The normalized spacial score (nSPS) is 15.2. The molecule has 0 fully saturated rings. The number of carbonyl (C=O) groups is 1. The molecule has 0 saturated heterocycles. The zero-order valence-electron chi connectivity index (χ0n) is 16.4. The first kappa shape index (κ1) is 21.1. The minimum Gasteiger partial charge on any atom is -0.351 e. The molecule has 152 valence electrons. The van der Waals surface area contributed by atoms with Crippen LogP contribution in [0.25, 0.3) is 5.57 Å². The molecule has 0 radical (unpaired) electrons. The van der Waals surface area contributed by atoms with Crippen LogP contribution in [0, 0.1) is 5.92 Å². The molecule has 1 heterocycles. The lowest BCUT2D eigenvalue weighted by Gasteiger charge is -2.33. The Morgan fingerprint density at radius 1 is 1.21 bits per heavy atom. The predicted molar refractivity (Wildman–Crippen MR) is 118 cm³/mol. The number of hydrogen-bond acceptors (Lipinski definition) is 3. The van der Waals surface area contributed by atoms with Gasteiger partial charge in [0.2, 0.25) is 0 Å². The molecular weight excluding hydrogens is 408 g/mol. The highest BCUT2D eigenvalue weighted by molar-refractivity contribution is 7.97.